The molecule has 0 radical (unpaired) electrons. The number of benzene rings is 1. The number of ether oxygens (including phenoxy) is 1. The van der Waals surface area contributed by atoms with Crippen LogP contribution >= 0.6 is 0 Å². The molecule has 1 aromatic carbocycles. The summed E-state index contributed by atoms with van der Waals surface area (Å²) in [6, 6.07) is 8.97. The summed E-state index contributed by atoms with van der Waals surface area (Å²) in [6.07, 6.45) is 2.36. The molecule has 1 aromatic rings. The summed E-state index contributed by atoms with van der Waals surface area (Å²) in [5.74, 6) is 0. The Balaban J connectivity index is 1.93. The van der Waals surface area contributed by atoms with Gasteiger partial charge in [-0.3, -0.25) is 0 Å². The molecule has 0 saturated carbocycles. The Labute approximate surface area is 117 Å². The van der Waals surface area contributed by atoms with Gasteiger partial charge in [-0.2, -0.15) is 0 Å². The minimum atomic E-state index is 0.140. The maximum Gasteiger partial charge on any atom is 0.0645 e. The second kappa shape index (κ2) is 5.64. The van der Waals surface area contributed by atoms with Crippen molar-refractivity contribution in [2.75, 3.05) is 13.2 Å². The van der Waals surface area contributed by atoms with Crippen molar-refractivity contribution in [2.45, 2.75) is 58.0 Å². The fraction of sp³-hybridized carbons (Fsp3) is 0.647. The Hall–Kier alpha value is -0.860. The zero-order valence-electron chi connectivity index (χ0n) is 12.8. The van der Waals surface area contributed by atoms with Crippen LogP contribution in [-0.4, -0.2) is 18.8 Å². The van der Waals surface area contributed by atoms with Gasteiger partial charge in [0.15, 0.2) is 0 Å². The maximum atomic E-state index is 5.57. The van der Waals surface area contributed by atoms with Crippen LogP contribution < -0.4 is 5.32 Å². The van der Waals surface area contributed by atoms with Crippen molar-refractivity contribution in [1.82, 2.24) is 5.32 Å². The Morgan fingerprint density at radius 1 is 1.21 bits per heavy atom. The van der Waals surface area contributed by atoms with Crippen LogP contribution in [0.1, 0.15) is 51.7 Å². The molecule has 1 heterocycles. The van der Waals surface area contributed by atoms with E-state index in [0.29, 0.717) is 0 Å². The van der Waals surface area contributed by atoms with E-state index in [4.69, 9.17) is 4.74 Å². The van der Waals surface area contributed by atoms with Crippen molar-refractivity contribution >= 4 is 0 Å². The van der Waals surface area contributed by atoms with E-state index in [2.05, 4.69) is 57.3 Å². The van der Waals surface area contributed by atoms with Crippen LogP contribution in [0, 0.1) is 0 Å². The standard InChI is InChI=1S/C17H27NO/c1-16(2,3)15-8-6-14(7-9-15)12-18-17(4)10-5-11-19-13-17/h6-9,18H,5,10-13H2,1-4H3. The minimum absolute atomic E-state index is 0.140. The molecule has 0 aromatic heterocycles. The van der Waals surface area contributed by atoms with Crippen LogP contribution in [0.2, 0.25) is 0 Å². The Kier molecular flexibility index (Phi) is 4.32. The molecule has 1 N–H and O–H groups in total. The van der Waals surface area contributed by atoms with Crippen molar-refractivity contribution in [3.8, 4) is 0 Å². The molecule has 106 valence electrons. The zero-order valence-corrected chi connectivity index (χ0v) is 12.8. The van der Waals surface area contributed by atoms with Gasteiger partial charge in [0, 0.05) is 18.7 Å². The average Bonchev–Trinajstić information content (AvgIpc) is 2.37. The van der Waals surface area contributed by atoms with Crippen LogP contribution in [-0.2, 0) is 16.7 Å². The monoisotopic (exact) mass is 261 g/mol. The van der Waals surface area contributed by atoms with Gasteiger partial charge in [-0.05, 0) is 36.3 Å². The quantitative estimate of drug-likeness (QED) is 0.897. The first-order chi connectivity index (χ1) is 8.89. The summed E-state index contributed by atoms with van der Waals surface area (Å²) >= 11 is 0. The molecule has 1 aliphatic heterocycles. The SMILES string of the molecule is CC1(NCc2ccc(C(C)(C)C)cc2)CCCOC1. The van der Waals surface area contributed by atoms with Gasteiger partial charge in [0.05, 0.1) is 6.61 Å². The van der Waals surface area contributed by atoms with Gasteiger partial charge in [-0.15, -0.1) is 0 Å². The van der Waals surface area contributed by atoms with Gasteiger partial charge in [-0.1, -0.05) is 45.0 Å². The van der Waals surface area contributed by atoms with E-state index in [1.54, 1.807) is 0 Å². The van der Waals surface area contributed by atoms with Gasteiger partial charge in [0.25, 0.3) is 0 Å². The fourth-order valence-electron chi connectivity index (χ4n) is 2.51. The van der Waals surface area contributed by atoms with E-state index in [0.717, 1.165) is 26.2 Å². The first kappa shape index (κ1) is 14.5. The van der Waals surface area contributed by atoms with Crippen molar-refractivity contribution in [3.63, 3.8) is 0 Å². The lowest BCUT2D eigenvalue weighted by Crippen LogP contribution is -2.48. The van der Waals surface area contributed by atoms with E-state index in [-0.39, 0.29) is 11.0 Å². The molecule has 1 unspecified atom stereocenters. The molecule has 2 heteroatoms. The highest BCUT2D eigenvalue weighted by molar-refractivity contribution is 5.27. The smallest absolute Gasteiger partial charge is 0.0645 e. The second-order valence-corrected chi connectivity index (χ2v) is 7.02. The number of nitrogens with one attached hydrogen (secondary N) is 1. The molecule has 0 spiro atoms. The minimum Gasteiger partial charge on any atom is -0.380 e. The molecule has 0 amide bonds. The third-order valence-electron chi connectivity index (χ3n) is 3.98. The van der Waals surface area contributed by atoms with E-state index < -0.39 is 0 Å². The van der Waals surface area contributed by atoms with Crippen molar-refractivity contribution < 1.29 is 4.74 Å². The molecular formula is C17H27NO. The van der Waals surface area contributed by atoms with Crippen molar-refractivity contribution in [1.29, 1.82) is 0 Å². The van der Waals surface area contributed by atoms with Crippen LogP contribution in [0.5, 0.6) is 0 Å². The van der Waals surface area contributed by atoms with Gasteiger partial charge in [-0.25, -0.2) is 0 Å². The molecule has 2 nitrogen and oxygen atoms in total. The molecular weight excluding hydrogens is 234 g/mol. The Bertz CT molecular complexity index is 396. The van der Waals surface area contributed by atoms with Gasteiger partial charge >= 0.3 is 0 Å². The highest BCUT2D eigenvalue weighted by atomic mass is 16.5. The predicted octanol–water partition coefficient (Wildman–Crippen LogP) is 3.64. The summed E-state index contributed by atoms with van der Waals surface area (Å²) in [5.41, 5.74) is 3.11. The van der Waals surface area contributed by atoms with E-state index in [9.17, 15) is 0 Å². The van der Waals surface area contributed by atoms with Gasteiger partial charge < -0.3 is 10.1 Å². The van der Waals surface area contributed by atoms with E-state index >= 15 is 0 Å². The maximum absolute atomic E-state index is 5.57. The highest BCUT2D eigenvalue weighted by Gasteiger charge is 2.26. The molecule has 0 aliphatic carbocycles. The molecule has 1 fully saturated rings. The summed E-state index contributed by atoms with van der Waals surface area (Å²) < 4.78 is 5.57. The van der Waals surface area contributed by atoms with Crippen LogP contribution in [0.25, 0.3) is 0 Å². The summed E-state index contributed by atoms with van der Waals surface area (Å²) in [4.78, 5) is 0. The normalized spacial score (nSPS) is 24.4. The number of hydrogen-bond donors (Lipinski definition) is 1. The van der Waals surface area contributed by atoms with E-state index in [1.165, 1.54) is 17.5 Å². The second-order valence-electron chi connectivity index (χ2n) is 7.02. The lowest BCUT2D eigenvalue weighted by molar-refractivity contribution is 0.0278. The first-order valence-corrected chi connectivity index (χ1v) is 7.31. The lowest BCUT2D eigenvalue weighted by Gasteiger charge is -2.34. The topological polar surface area (TPSA) is 21.3 Å². The Morgan fingerprint density at radius 2 is 1.89 bits per heavy atom. The lowest BCUT2D eigenvalue weighted by atomic mass is 9.86. The van der Waals surface area contributed by atoms with Crippen molar-refractivity contribution in [2.24, 2.45) is 0 Å². The Morgan fingerprint density at radius 3 is 2.42 bits per heavy atom. The van der Waals surface area contributed by atoms with E-state index in [1.807, 2.05) is 0 Å². The summed E-state index contributed by atoms with van der Waals surface area (Å²) in [5, 5.41) is 3.65. The van der Waals surface area contributed by atoms with Crippen LogP contribution in [0.15, 0.2) is 24.3 Å². The molecule has 19 heavy (non-hydrogen) atoms. The first-order valence-electron chi connectivity index (χ1n) is 7.31. The average molecular weight is 261 g/mol. The van der Waals surface area contributed by atoms with Crippen LogP contribution in [0.3, 0.4) is 0 Å². The molecule has 1 saturated heterocycles. The summed E-state index contributed by atoms with van der Waals surface area (Å²) in [6.45, 7) is 11.7. The number of rotatable bonds is 3. The van der Waals surface area contributed by atoms with Gasteiger partial charge in [0.1, 0.15) is 0 Å². The van der Waals surface area contributed by atoms with Crippen LogP contribution in [0.4, 0.5) is 0 Å². The molecule has 1 aliphatic rings. The third kappa shape index (κ3) is 4.05. The predicted molar refractivity (Wildman–Crippen MR) is 80.4 cm³/mol. The highest BCUT2D eigenvalue weighted by Crippen LogP contribution is 2.23. The van der Waals surface area contributed by atoms with Crippen molar-refractivity contribution in [3.05, 3.63) is 35.4 Å². The third-order valence-corrected chi connectivity index (χ3v) is 3.98. The molecule has 2 rings (SSSR count). The molecule has 1 atom stereocenters. The zero-order chi connectivity index (χ0) is 13.9. The molecule has 0 bridgehead atoms. The van der Waals surface area contributed by atoms with Gasteiger partial charge in [0.2, 0.25) is 0 Å². The summed E-state index contributed by atoms with van der Waals surface area (Å²) in [7, 11) is 0. The number of hydrogen-bond acceptors (Lipinski definition) is 2. The fourth-order valence-corrected chi connectivity index (χ4v) is 2.51. The largest absolute Gasteiger partial charge is 0.380 e.